The Hall–Kier alpha value is -2.58. The van der Waals surface area contributed by atoms with Crippen molar-refractivity contribution in [3.63, 3.8) is 0 Å². The van der Waals surface area contributed by atoms with Gasteiger partial charge in [0.05, 0.1) is 17.6 Å². The third kappa shape index (κ3) is 3.18. The maximum Gasteiger partial charge on any atom is 0.340 e. The van der Waals surface area contributed by atoms with Crippen molar-refractivity contribution >= 4 is 43.7 Å². The molecule has 2 N–H and O–H groups in total. The van der Waals surface area contributed by atoms with Crippen molar-refractivity contribution < 1.29 is 26.9 Å². The zero-order valence-corrected chi connectivity index (χ0v) is 14.7. The first kappa shape index (κ1) is 17.2. The number of hydrogen-bond acceptors (Lipinski definition) is 6. The van der Waals surface area contributed by atoms with Crippen LogP contribution < -0.4 is 5.32 Å². The van der Waals surface area contributed by atoms with E-state index in [1.165, 1.54) is 25.3 Å². The molecule has 3 aromatic rings. The smallest absolute Gasteiger partial charge is 0.340 e. The Morgan fingerprint density at radius 1 is 1.16 bits per heavy atom. The number of ether oxygens (including phenoxy) is 1. The fourth-order valence-corrected chi connectivity index (χ4v) is 3.18. The molecule has 0 radical (unpaired) electrons. The molecule has 8 heteroatoms. The highest BCUT2D eigenvalue weighted by Gasteiger charge is 2.19. The number of hydrogen-bond donors (Lipinski definition) is 2. The molecule has 0 unspecified atom stereocenters. The van der Waals surface area contributed by atoms with Gasteiger partial charge in [-0.3, -0.25) is 4.55 Å². The largest absolute Gasteiger partial charge is 0.465 e. The molecule has 0 bridgehead atoms. The molecular weight excluding hydrogens is 346 g/mol. The predicted molar refractivity (Wildman–Crippen MR) is 93.6 cm³/mol. The number of nitrogens with one attached hydrogen (secondary N) is 1. The maximum absolute atomic E-state index is 12.0. The maximum atomic E-state index is 12.0. The van der Waals surface area contributed by atoms with Crippen LogP contribution in [0.1, 0.15) is 24.2 Å². The molecule has 3 rings (SSSR count). The molecule has 7 nitrogen and oxygen atoms in total. The average Bonchev–Trinajstić information content (AvgIpc) is 2.89. The number of benzene rings is 2. The van der Waals surface area contributed by atoms with Crippen LogP contribution in [-0.2, 0) is 14.9 Å². The molecule has 0 fully saturated rings. The monoisotopic (exact) mass is 363 g/mol. The third-order valence-electron chi connectivity index (χ3n) is 3.73. The van der Waals surface area contributed by atoms with Gasteiger partial charge in [-0.2, -0.15) is 8.42 Å². The van der Waals surface area contributed by atoms with Crippen molar-refractivity contribution in [1.29, 1.82) is 0 Å². The summed E-state index contributed by atoms with van der Waals surface area (Å²) >= 11 is 0. The molecule has 1 heterocycles. The molecule has 0 saturated heterocycles. The van der Waals surface area contributed by atoms with E-state index in [0.29, 0.717) is 33.2 Å². The van der Waals surface area contributed by atoms with Crippen molar-refractivity contribution in [3.8, 4) is 0 Å². The number of carbonyl (C=O) groups excluding carboxylic acids is 1. The molecule has 0 aliphatic heterocycles. The molecular formula is C17H17NO6S. The molecule has 132 valence electrons. The van der Waals surface area contributed by atoms with Crippen LogP contribution in [-0.4, -0.2) is 32.1 Å². The van der Waals surface area contributed by atoms with E-state index in [0.717, 1.165) is 0 Å². The Kier molecular flexibility index (Phi) is 4.18. The highest BCUT2D eigenvalue weighted by molar-refractivity contribution is 7.85. The van der Waals surface area contributed by atoms with Crippen LogP contribution >= 0.6 is 0 Å². The van der Waals surface area contributed by atoms with Crippen LogP contribution in [0.25, 0.3) is 21.9 Å². The fraction of sp³-hybridized carbons (Fsp3) is 0.235. The fourth-order valence-electron chi connectivity index (χ4n) is 2.67. The Balaban J connectivity index is 2.32. The van der Waals surface area contributed by atoms with E-state index in [2.05, 4.69) is 5.32 Å². The van der Waals surface area contributed by atoms with Crippen molar-refractivity contribution in [1.82, 2.24) is 0 Å². The molecule has 0 atom stereocenters. The first-order valence-corrected chi connectivity index (χ1v) is 8.97. The van der Waals surface area contributed by atoms with Gasteiger partial charge in [0.25, 0.3) is 10.1 Å². The summed E-state index contributed by atoms with van der Waals surface area (Å²) in [4.78, 5) is 11.8. The highest BCUT2D eigenvalue weighted by atomic mass is 32.2. The quantitative estimate of drug-likeness (QED) is 0.540. The number of fused-ring (bicyclic) bond motifs is 3. The lowest BCUT2D eigenvalue weighted by Crippen LogP contribution is -2.14. The molecule has 2 aromatic carbocycles. The summed E-state index contributed by atoms with van der Waals surface area (Å²) < 4.78 is 42.5. The van der Waals surface area contributed by atoms with Crippen LogP contribution in [0.2, 0.25) is 0 Å². The van der Waals surface area contributed by atoms with Crippen molar-refractivity contribution in [3.05, 3.63) is 35.9 Å². The van der Waals surface area contributed by atoms with Gasteiger partial charge in [0, 0.05) is 22.5 Å². The molecule has 0 aliphatic rings. The van der Waals surface area contributed by atoms with E-state index in [-0.39, 0.29) is 10.9 Å². The average molecular weight is 363 g/mol. The number of rotatable bonds is 4. The first-order chi connectivity index (χ1) is 11.7. The Labute approximate surface area is 144 Å². The van der Waals surface area contributed by atoms with Gasteiger partial charge in [-0.15, -0.1) is 0 Å². The Morgan fingerprint density at radius 3 is 2.44 bits per heavy atom. The molecule has 0 aliphatic carbocycles. The Bertz CT molecular complexity index is 1080. The van der Waals surface area contributed by atoms with Gasteiger partial charge in [0.2, 0.25) is 0 Å². The summed E-state index contributed by atoms with van der Waals surface area (Å²) in [5.41, 5.74) is 1.73. The van der Waals surface area contributed by atoms with Crippen LogP contribution in [0, 0.1) is 0 Å². The van der Waals surface area contributed by atoms with Crippen molar-refractivity contribution in [2.75, 3.05) is 12.4 Å². The van der Waals surface area contributed by atoms with E-state index in [1.807, 2.05) is 13.8 Å². The number of furan rings is 1. The van der Waals surface area contributed by atoms with Crippen molar-refractivity contribution in [2.24, 2.45) is 0 Å². The molecule has 1 aromatic heterocycles. The zero-order chi connectivity index (χ0) is 18.4. The summed E-state index contributed by atoms with van der Waals surface area (Å²) in [6.45, 7) is 3.85. The summed E-state index contributed by atoms with van der Waals surface area (Å²) in [5, 5.41) is 4.31. The van der Waals surface area contributed by atoms with E-state index in [1.54, 1.807) is 12.1 Å². The first-order valence-electron chi connectivity index (χ1n) is 7.53. The summed E-state index contributed by atoms with van der Waals surface area (Å²) in [7, 11) is -3.03. The lowest BCUT2D eigenvalue weighted by Gasteiger charge is -2.13. The van der Waals surface area contributed by atoms with Gasteiger partial charge in [-0.25, -0.2) is 4.79 Å². The minimum absolute atomic E-state index is 0.0624. The minimum Gasteiger partial charge on any atom is -0.465 e. The third-order valence-corrected chi connectivity index (χ3v) is 4.58. The normalized spacial score (nSPS) is 12.0. The van der Waals surface area contributed by atoms with Crippen molar-refractivity contribution in [2.45, 2.75) is 24.8 Å². The zero-order valence-electron chi connectivity index (χ0n) is 13.9. The summed E-state index contributed by atoms with van der Waals surface area (Å²) in [5.74, 6) is -0.510. The Morgan fingerprint density at radius 2 is 1.84 bits per heavy atom. The standard InChI is InChI=1S/C17H17NO6S/c1-9(2)18-14-7-12-11-6-10(25(20,21)22)4-5-15(11)24-16(12)8-13(14)17(19)23-3/h4-9,18H,1-3H3,(H,20,21,22). The predicted octanol–water partition coefficient (Wildman–Crippen LogP) is 3.44. The van der Waals surface area contributed by atoms with Gasteiger partial charge in [-0.1, -0.05) is 0 Å². The topological polar surface area (TPSA) is 106 Å². The van der Waals surface area contributed by atoms with E-state index in [9.17, 15) is 17.8 Å². The van der Waals surface area contributed by atoms with Crippen LogP contribution in [0.3, 0.4) is 0 Å². The second-order valence-corrected chi connectivity index (χ2v) is 7.34. The number of methoxy groups -OCH3 is 1. The number of anilines is 1. The molecule has 0 saturated carbocycles. The SMILES string of the molecule is COC(=O)c1cc2oc3ccc(S(=O)(=O)O)cc3c2cc1NC(C)C. The van der Waals surface area contributed by atoms with Gasteiger partial charge < -0.3 is 14.5 Å². The van der Waals surface area contributed by atoms with E-state index >= 15 is 0 Å². The molecule has 0 amide bonds. The number of esters is 1. The molecule has 0 spiro atoms. The lowest BCUT2D eigenvalue weighted by molar-refractivity contribution is 0.0602. The van der Waals surface area contributed by atoms with Gasteiger partial charge in [0.1, 0.15) is 11.2 Å². The van der Waals surface area contributed by atoms with Crippen LogP contribution in [0.5, 0.6) is 0 Å². The van der Waals surface area contributed by atoms with Gasteiger partial charge in [0.15, 0.2) is 0 Å². The minimum atomic E-state index is -4.33. The lowest BCUT2D eigenvalue weighted by atomic mass is 10.1. The van der Waals surface area contributed by atoms with Gasteiger partial charge >= 0.3 is 5.97 Å². The van der Waals surface area contributed by atoms with Crippen LogP contribution in [0.15, 0.2) is 39.6 Å². The van der Waals surface area contributed by atoms with E-state index in [4.69, 9.17) is 9.15 Å². The number of carbonyl (C=O) groups is 1. The highest BCUT2D eigenvalue weighted by Crippen LogP contribution is 2.34. The van der Waals surface area contributed by atoms with E-state index < -0.39 is 16.1 Å². The summed E-state index contributed by atoms with van der Waals surface area (Å²) in [6.07, 6.45) is 0. The molecule has 25 heavy (non-hydrogen) atoms. The second kappa shape index (κ2) is 6.05. The van der Waals surface area contributed by atoms with Gasteiger partial charge in [-0.05, 0) is 44.2 Å². The summed E-state index contributed by atoms with van der Waals surface area (Å²) in [6, 6.07) is 7.39. The van der Waals surface area contributed by atoms with Crippen LogP contribution in [0.4, 0.5) is 5.69 Å². The second-order valence-electron chi connectivity index (χ2n) is 5.92.